The lowest BCUT2D eigenvalue weighted by molar-refractivity contribution is 0.0707. The van der Waals surface area contributed by atoms with Crippen LogP contribution in [0, 0.1) is 6.92 Å². The van der Waals surface area contributed by atoms with E-state index in [1.165, 1.54) is 17.7 Å². The molecule has 1 aliphatic rings. The molecule has 0 aromatic carbocycles. The Labute approximate surface area is 94.9 Å². The monoisotopic (exact) mass is 226 g/mol. The third-order valence-corrected chi connectivity index (χ3v) is 3.61. The number of thiazole rings is 1. The topological polar surface area (TPSA) is 34.2 Å². The summed E-state index contributed by atoms with van der Waals surface area (Å²) >= 11 is 1.79. The quantitative estimate of drug-likeness (QED) is 0.849. The van der Waals surface area contributed by atoms with Gasteiger partial charge in [-0.3, -0.25) is 0 Å². The SMILES string of the molecule is Cc1ncc(CCNC2CCCOC2)s1. The molecule has 1 atom stereocenters. The number of ether oxygens (including phenoxy) is 1. The van der Waals surface area contributed by atoms with E-state index >= 15 is 0 Å². The minimum Gasteiger partial charge on any atom is -0.380 e. The highest BCUT2D eigenvalue weighted by molar-refractivity contribution is 7.11. The van der Waals surface area contributed by atoms with Gasteiger partial charge in [0.2, 0.25) is 0 Å². The van der Waals surface area contributed by atoms with Crippen LogP contribution < -0.4 is 5.32 Å². The summed E-state index contributed by atoms with van der Waals surface area (Å²) in [5.74, 6) is 0. The van der Waals surface area contributed by atoms with Crippen molar-refractivity contribution in [2.24, 2.45) is 0 Å². The molecule has 15 heavy (non-hydrogen) atoms. The zero-order valence-corrected chi connectivity index (χ0v) is 9.98. The van der Waals surface area contributed by atoms with Crippen LogP contribution in [0.3, 0.4) is 0 Å². The Bertz CT molecular complexity index is 295. The Morgan fingerprint density at radius 3 is 3.27 bits per heavy atom. The van der Waals surface area contributed by atoms with E-state index in [9.17, 15) is 0 Å². The molecule has 0 bridgehead atoms. The Balaban J connectivity index is 1.65. The van der Waals surface area contributed by atoms with Crippen LogP contribution in [0.5, 0.6) is 0 Å². The van der Waals surface area contributed by atoms with Crippen molar-refractivity contribution < 1.29 is 4.74 Å². The van der Waals surface area contributed by atoms with Crippen molar-refractivity contribution >= 4 is 11.3 Å². The van der Waals surface area contributed by atoms with Crippen LogP contribution in [0.25, 0.3) is 0 Å². The molecule has 0 spiro atoms. The van der Waals surface area contributed by atoms with Gasteiger partial charge in [0.1, 0.15) is 0 Å². The minimum absolute atomic E-state index is 0.563. The Hall–Kier alpha value is -0.450. The van der Waals surface area contributed by atoms with Gasteiger partial charge in [0.25, 0.3) is 0 Å². The van der Waals surface area contributed by atoms with E-state index in [4.69, 9.17) is 4.74 Å². The lowest BCUT2D eigenvalue weighted by Gasteiger charge is -2.22. The zero-order valence-electron chi connectivity index (χ0n) is 9.16. The van der Waals surface area contributed by atoms with Crippen molar-refractivity contribution in [3.8, 4) is 0 Å². The zero-order chi connectivity index (χ0) is 10.5. The van der Waals surface area contributed by atoms with Crippen LogP contribution in [0.15, 0.2) is 6.20 Å². The molecule has 2 heterocycles. The van der Waals surface area contributed by atoms with Crippen LogP contribution in [-0.2, 0) is 11.2 Å². The third kappa shape index (κ3) is 3.55. The Morgan fingerprint density at radius 2 is 2.60 bits per heavy atom. The van der Waals surface area contributed by atoms with Gasteiger partial charge in [0, 0.05) is 30.3 Å². The third-order valence-electron chi connectivity index (χ3n) is 2.63. The largest absolute Gasteiger partial charge is 0.380 e. The highest BCUT2D eigenvalue weighted by Crippen LogP contribution is 2.12. The second-order valence-corrected chi connectivity index (χ2v) is 5.28. The van der Waals surface area contributed by atoms with Crippen LogP contribution in [0.4, 0.5) is 0 Å². The molecule has 84 valence electrons. The fraction of sp³-hybridized carbons (Fsp3) is 0.727. The van der Waals surface area contributed by atoms with Crippen LogP contribution in [0.2, 0.25) is 0 Å². The molecule has 1 aromatic heterocycles. The van der Waals surface area contributed by atoms with Gasteiger partial charge in [-0.1, -0.05) is 0 Å². The summed E-state index contributed by atoms with van der Waals surface area (Å²) in [6.45, 7) is 4.90. The minimum atomic E-state index is 0.563. The first-order valence-electron chi connectivity index (χ1n) is 5.57. The molecule has 1 aromatic rings. The van der Waals surface area contributed by atoms with E-state index in [-0.39, 0.29) is 0 Å². The van der Waals surface area contributed by atoms with Gasteiger partial charge in [-0.2, -0.15) is 0 Å². The molecule has 2 rings (SSSR count). The second-order valence-electron chi connectivity index (χ2n) is 3.96. The van der Waals surface area contributed by atoms with E-state index in [1.807, 2.05) is 6.20 Å². The number of hydrogen-bond acceptors (Lipinski definition) is 4. The maximum atomic E-state index is 5.42. The summed E-state index contributed by atoms with van der Waals surface area (Å²) < 4.78 is 5.42. The maximum absolute atomic E-state index is 5.42. The van der Waals surface area contributed by atoms with E-state index in [1.54, 1.807) is 11.3 Å². The highest BCUT2D eigenvalue weighted by atomic mass is 32.1. The van der Waals surface area contributed by atoms with Gasteiger partial charge in [0.15, 0.2) is 0 Å². The predicted octanol–water partition coefficient (Wildman–Crippen LogP) is 1.76. The summed E-state index contributed by atoms with van der Waals surface area (Å²) in [4.78, 5) is 5.62. The van der Waals surface area contributed by atoms with E-state index in [2.05, 4.69) is 17.2 Å². The molecule has 1 fully saturated rings. The van der Waals surface area contributed by atoms with Crippen LogP contribution in [-0.4, -0.2) is 30.8 Å². The first-order valence-corrected chi connectivity index (χ1v) is 6.38. The normalized spacial score (nSPS) is 21.8. The fourth-order valence-corrected chi connectivity index (χ4v) is 2.62. The molecule has 1 saturated heterocycles. The van der Waals surface area contributed by atoms with E-state index < -0.39 is 0 Å². The van der Waals surface area contributed by atoms with Gasteiger partial charge >= 0.3 is 0 Å². The lowest BCUT2D eigenvalue weighted by Crippen LogP contribution is -2.37. The van der Waals surface area contributed by atoms with Crippen molar-refractivity contribution in [1.82, 2.24) is 10.3 Å². The van der Waals surface area contributed by atoms with Gasteiger partial charge in [-0.05, 0) is 26.2 Å². The molecule has 0 saturated carbocycles. The summed E-state index contributed by atoms with van der Waals surface area (Å²) in [7, 11) is 0. The summed E-state index contributed by atoms with van der Waals surface area (Å²) in [6, 6.07) is 0.563. The smallest absolute Gasteiger partial charge is 0.0896 e. The number of aryl methyl sites for hydroxylation is 1. The van der Waals surface area contributed by atoms with Crippen molar-refractivity contribution in [3.63, 3.8) is 0 Å². The predicted molar refractivity (Wildman–Crippen MR) is 62.4 cm³/mol. The molecule has 1 unspecified atom stereocenters. The standard InChI is InChI=1S/C11H18N2OS/c1-9-13-7-11(15-9)4-5-12-10-3-2-6-14-8-10/h7,10,12H,2-6,8H2,1H3. The van der Waals surface area contributed by atoms with Crippen molar-refractivity contribution in [1.29, 1.82) is 0 Å². The number of aromatic nitrogens is 1. The number of hydrogen-bond donors (Lipinski definition) is 1. The molecule has 1 aliphatic heterocycles. The highest BCUT2D eigenvalue weighted by Gasteiger charge is 2.12. The summed E-state index contributed by atoms with van der Waals surface area (Å²) in [6.07, 6.45) is 5.51. The van der Waals surface area contributed by atoms with Gasteiger partial charge in [0.05, 0.1) is 11.6 Å². The molecular formula is C11H18N2OS. The fourth-order valence-electron chi connectivity index (χ4n) is 1.82. The van der Waals surface area contributed by atoms with E-state index in [0.29, 0.717) is 6.04 Å². The average Bonchev–Trinajstić information content (AvgIpc) is 2.66. The van der Waals surface area contributed by atoms with Crippen LogP contribution in [0.1, 0.15) is 22.7 Å². The number of nitrogens with zero attached hydrogens (tertiary/aromatic N) is 1. The summed E-state index contributed by atoms with van der Waals surface area (Å²) in [5.41, 5.74) is 0. The molecule has 1 N–H and O–H groups in total. The first-order chi connectivity index (χ1) is 7.34. The maximum Gasteiger partial charge on any atom is 0.0896 e. The second kappa shape index (κ2) is 5.58. The van der Waals surface area contributed by atoms with Crippen LogP contribution >= 0.6 is 11.3 Å². The van der Waals surface area contributed by atoms with Gasteiger partial charge in [-0.25, -0.2) is 4.98 Å². The molecule has 4 heteroatoms. The van der Waals surface area contributed by atoms with Gasteiger partial charge in [-0.15, -0.1) is 11.3 Å². The lowest BCUT2D eigenvalue weighted by atomic mass is 10.1. The number of rotatable bonds is 4. The molecule has 0 aliphatic carbocycles. The Morgan fingerprint density at radius 1 is 1.67 bits per heavy atom. The van der Waals surface area contributed by atoms with Crippen molar-refractivity contribution in [3.05, 3.63) is 16.1 Å². The molecular weight excluding hydrogens is 208 g/mol. The molecule has 0 radical (unpaired) electrons. The Kier molecular flexibility index (Phi) is 4.11. The van der Waals surface area contributed by atoms with Crippen molar-refractivity contribution in [2.45, 2.75) is 32.2 Å². The van der Waals surface area contributed by atoms with E-state index in [0.717, 1.165) is 31.2 Å². The molecule has 3 nitrogen and oxygen atoms in total. The number of nitrogens with one attached hydrogen (secondary N) is 1. The van der Waals surface area contributed by atoms with Gasteiger partial charge < -0.3 is 10.1 Å². The summed E-state index contributed by atoms with van der Waals surface area (Å²) in [5, 5.41) is 4.69. The van der Waals surface area contributed by atoms with Crippen molar-refractivity contribution in [2.75, 3.05) is 19.8 Å². The molecule has 0 amide bonds. The average molecular weight is 226 g/mol. The first kappa shape index (κ1) is 11.0.